The highest BCUT2D eigenvalue weighted by molar-refractivity contribution is 7.99. The normalized spacial score (nSPS) is 11.7. The molecule has 4 nitrogen and oxygen atoms in total. The van der Waals surface area contributed by atoms with Gasteiger partial charge in [0.15, 0.2) is 0 Å². The second-order valence-electron chi connectivity index (χ2n) is 5.96. The van der Waals surface area contributed by atoms with E-state index in [1.54, 1.807) is 42.5 Å². The maximum atomic E-state index is 13.6. The van der Waals surface area contributed by atoms with Crippen molar-refractivity contribution in [1.29, 1.82) is 0 Å². The van der Waals surface area contributed by atoms with Crippen LogP contribution in [-0.2, 0) is 10.5 Å². The molecule has 2 aromatic carbocycles. The Morgan fingerprint density at radius 3 is 2.54 bits per heavy atom. The largest absolute Gasteiger partial charge is 0.350 e. The first-order valence-electron chi connectivity index (χ1n) is 8.52. The standard InChI is InChI=1S/C20H23FN2O2S/c1-3-14(2)22-20(25)16-9-5-7-11-18(16)23-19(24)13-26-12-15-8-4-6-10-17(15)21/h4-11,14H,3,12-13H2,1-2H3,(H,22,25)(H,23,24)/t14-/m0/s1. The minimum absolute atomic E-state index is 0.0579. The van der Waals surface area contributed by atoms with E-state index in [2.05, 4.69) is 10.6 Å². The zero-order valence-electron chi connectivity index (χ0n) is 14.9. The van der Waals surface area contributed by atoms with Crippen LogP contribution in [0, 0.1) is 5.82 Å². The van der Waals surface area contributed by atoms with Gasteiger partial charge in [-0.15, -0.1) is 11.8 Å². The van der Waals surface area contributed by atoms with Crippen LogP contribution in [0.2, 0.25) is 0 Å². The highest BCUT2D eigenvalue weighted by Gasteiger charge is 2.14. The molecular formula is C20H23FN2O2S. The smallest absolute Gasteiger partial charge is 0.253 e. The fourth-order valence-corrected chi connectivity index (χ4v) is 3.06. The fraction of sp³-hybridized carbons (Fsp3) is 0.300. The van der Waals surface area contributed by atoms with Crippen molar-refractivity contribution in [3.63, 3.8) is 0 Å². The number of halogens is 1. The quantitative estimate of drug-likeness (QED) is 0.727. The third-order valence-corrected chi connectivity index (χ3v) is 4.87. The van der Waals surface area contributed by atoms with Gasteiger partial charge >= 0.3 is 0 Å². The van der Waals surface area contributed by atoms with E-state index < -0.39 is 0 Å². The van der Waals surface area contributed by atoms with Gasteiger partial charge in [-0.3, -0.25) is 9.59 Å². The summed E-state index contributed by atoms with van der Waals surface area (Å²) in [5.41, 5.74) is 1.48. The SMILES string of the molecule is CC[C@H](C)NC(=O)c1ccccc1NC(=O)CSCc1ccccc1F. The number of hydrogen-bond donors (Lipinski definition) is 2. The maximum Gasteiger partial charge on any atom is 0.253 e. The molecular weight excluding hydrogens is 351 g/mol. The Kier molecular flexibility index (Phi) is 7.66. The molecule has 2 N–H and O–H groups in total. The van der Waals surface area contributed by atoms with Gasteiger partial charge in [-0.25, -0.2) is 4.39 Å². The van der Waals surface area contributed by atoms with E-state index in [9.17, 15) is 14.0 Å². The summed E-state index contributed by atoms with van der Waals surface area (Å²) in [6.45, 7) is 3.92. The Morgan fingerprint density at radius 1 is 1.12 bits per heavy atom. The lowest BCUT2D eigenvalue weighted by atomic mass is 10.1. The van der Waals surface area contributed by atoms with Gasteiger partial charge in [0, 0.05) is 11.8 Å². The van der Waals surface area contributed by atoms with Gasteiger partial charge in [-0.2, -0.15) is 0 Å². The van der Waals surface area contributed by atoms with Crippen molar-refractivity contribution in [3.8, 4) is 0 Å². The molecule has 2 amide bonds. The number of para-hydroxylation sites is 1. The monoisotopic (exact) mass is 374 g/mol. The molecule has 1 atom stereocenters. The summed E-state index contributed by atoms with van der Waals surface area (Å²) in [5, 5.41) is 5.66. The highest BCUT2D eigenvalue weighted by atomic mass is 32.2. The number of nitrogens with one attached hydrogen (secondary N) is 2. The lowest BCUT2D eigenvalue weighted by Gasteiger charge is -2.14. The molecule has 0 heterocycles. The van der Waals surface area contributed by atoms with Crippen LogP contribution in [0.3, 0.4) is 0 Å². The molecule has 26 heavy (non-hydrogen) atoms. The first-order chi connectivity index (χ1) is 12.5. The molecule has 0 bridgehead atoms. The van der Waals surface area contributed by atoms with Crippen molar-refractivity contribution in [2.45, 2.75) is 32.1 Å². The van der Waals surface area contributed by atoms with E-state index in [0.29, 0.717) is 22.6 Å². The van der Waals surface area contributed by atoms with Gasteiger partial charge in [0.1, 0.15) is 5.82 Å². The van der Waals surface area contributed by atoms with Crippen LogP contribution in [0.5, 0.6) is 0 Å². The van der Waals surface area contributed by atoms with E-state index >= 15 is 0 Å². The zero-order valence-corrected chi connectivity index (χ0v) is 15.7. The molecule has 0 saturated heterocycles. The predicted octanol–water partition coefficient (Wildman–Crippen LogP) is 4.23. The summed E-state index contributed by atoms with van der Waals surface area (Å²) in [7, 11) is 0. The van der Waals surface area contributed by atoms with Crippen LogP contribution in [0.4, 0.5) is 10.1 Å². The van der Waals surface area contributed by atoms with Crippen LogP contribution in [-0.4, -0.2) is 23.6 Å². The first-order valence-corrected chi connectivity index (χ1v) is 9.67. The van der Waals surface area contributed by atoms with Gasteiger partial charge in [0.05, 0.1) is 17.0 Å². The van der Waals surface area contributed by atoms with Gasteiger partial charge in [0.2, 0.25) is 5.91 Å². The average molecular weight is 374 g/mol. The molecule has 0 aromatic heterocycles. The van der Waals surface area contributed by atoms with Gasteiger partial charge < -0.3 is 10.6 Å². The molecule has 0 radical (unpaired) electrons. The number of thioether (sulfide) groups is 1. The fourth-order valence-electron chi connectivity index (χ4n) is 2.25. The molecule has 0 aliphatic heterocycles. The number of amides is 2. The second-order valence-corrected chi connectivity index (χ2v) is 6.95. The van der Waals surface area contributed by atoms with Gasteiger partial charge in [-0.1, -0.05) is 37.3 Å². The Morgan fingerprint density at radius 2 is 1.81 bits per heavy atom. The number of rotatable bonds is 8. The number of anilines is 1. The zero-order chi connectivity index (χ0) is 18.9. The lowest BCUT2D eigenvalue weighted by molar-refractivity contribution is -0.113. The van der Waals surface area contributed by atoms with Crippen molar-refractivity contribution in [1.82, 2.24) is 5.32 Å². The third-order valence-electron chi connectivity index (χ3n) is 3.88. The summed E-state index contributed by atoms with van der Waals surface area (Å²) in [4.78, 5) is 24.5. The van der Waals surface area contributed by atoms with E-state index in [1.165, 1.54) is 17.8 Å². The Bertz CT molecular complexity index is 767. The summed E-state index contributed by atoms with van der Waals surface area (Å²) in [5.74, 6) is -0.122. The van der Waals surface area contributed by atoms with Crippen LogP contribution < -0.4 is 10.6 Å². The van der Waals surface area contributed by atoms with E-state index in [0.717, 1.165) is 6.42 Å². The molecule has 0 saturated carbocycles. The predicted molar refractivity (Wildman–Crippen MR) is 105 cm³/mol. The number of carbonyl (C=O) groups excluding carboxylic acids is 2. The van der Waals surface area contributed by atoms with Crippen LogP contribution in [0.15, 0.2) is 48.5 Å². The molecule has 0 fully saturated rings. The van der Waals surface area contributed by atoms with Gasteiger partial charge in [-0.05, 0) is 37.1 Å². The third kappa shape index (κ3) is 5.88. The maximum absolute atomic E-state index is 13.6. The van der Waals surface area contributed by atoms with Crippen molar-refractivity contribution in [2.24, 2.45) is 0 Å². The topological polar surface area (TPSA) is 58.2 Å². The Balaban J connectivity index is 1.92. The van der Waals surface area contributed by atoms with Crippen LogP contribution in [0.1, 0.15) is 36.2 Å². The van der Waals surface area contributed by atoms with Gasteiger partial charge in [0.25, 0.3) is 5.91 Å². The first kappa shape index (κ1) is 20.0. The van der Waals surface area contributed by atoms with E-state index in [4.69, 9.17) is 0 Å². The molecule has 6 heteroatoms. The van der Waals surface area contributed by atoms with E-state index in [-0.39, 0.29) is 29.4 Å². The highest BCUT2D eigenvalue weighted by Crippen LogP contribution is 2.18. The molecule has 2 rings (SSSR count). The minimum Gasteiger partial charge on any atom is -0.350 e. The number of hydrogen-bond acceptors (Lipinski definition) is 3. The van der Waals surface area contributed by atoms with Crippen molar-refractivity contribution in [2.75, 3.05) is 11.1 Å². The minimum atomic E-state index is -0.271. The van der Waals surface area contributed by atoms with Crippen LogP contribution >= 0.6 is 11.8 Å². The molecule has 2 aromatic rings. The average Bonchev–Trinajstić information content (AvgIpc) is 2.63. The lowest BCUT2D eigenvalue weighted by Crippen LogP contribution is -2.32. The summed E-state index contributed by atoms with van der Waals surface area (Å²) < 4.78 is 13.6. The van der Waals surface area contributed by atoms with E-state index in [1.807, 2.05) is 13.8 Å². The molecule has 0 aliphatic carbocycles. The number of carbonyl (C=O) groups is 2. The molecule has 0 aliphatic rings. The van der Waals surface area contributed by atoms with Crippen molar-refractivity contribution < 1.29 is 14.0 Å². The van der Waals surface area contributed by atoms with Crippen LogP contribution in [0.25, 0.3) is 0 Å². The van der Waals surface area contributed by atoms with Crippen molar-refractivity contribution >= 4 is 29.3 Å². The molecule has 138 valence electrons. The molecule has 0 unspecified atom stereocenters. The second kappa shape index (κ2) is 9.97. The van der Waals surface area contributed by atoms with Crippen molar-refractivity contribution in [3.05, 3.63) is 65.5 Å². The summed E-state index contributed by atoms with van der Waals surface area (Å²) in [6, 6.07) is 13.5. The molecule has 0 spiro atoms. The summed E-state index contributed by atoms with van der Waals surface area (Å²) in [6.07, 6.45) is 0.826. The summed E-state index contributed by atoms with van der Waals surface area (Å²) >= 11 is 1.32. The Labute approximate surface area is 157 Å². The Hall–Kier alpha value is -2.34. The number of benzene rings is 2.